The molecule has 0 aliphatic carbocycles. The maximum Gasteiger partial charge on any atom is 0.274 e. The maximum absolute atomic E-state index is 12.4. The number of benzene rings is 1. The van der Waals surface area contributed by atoms with Gasteiger partial charge in [-0.25, -0.2) is 9.97 Å². The van der Waals surface area contributed by atoms with Gasteiger partial charge in [0, 0.05) is 37.2 Å². The van der Waals surface area contributed by atoms with Crippen molar-refractivity contribution in [2.75, 3.05) is 35.2 Å². The number of carbonyl (C=O) groups is 1. The Morgan fingerprint density at radius 2 is 1.92 bits per heavy atom. The van der Waals surface area contributed by atoms with Crippen LogP contribution in [0.25, 0.3) is 0 Å². The van der Waals surface area contributed by atoms with Crippen molar-refractivity contribution < 1.29 is 4.79 Å². The van der Waals surface area contributed by atoms with Crippen molar-refractivity contribution in [3.63, 3.8) is 0 Å². The smallest absolute Gasteiger partial charge is 0.274 e. The highest BCUT2D eigenvalue weighted by Crippen LogP contribution is 2.22. The van der Waals surface area contributed by atoms with Crippen molar-refractivity contribution in [2.24, 2.45) is 0 Å². The molecule has 6 nitrogen and oxygen atoms in total. The second-order valence-corrected chi connectivity index (χ2v) is 5.98. The Bertz CT molecular complexity index is 723. The van der Waals surface area contributed by atoms with E-state index in [1.807, 2.05) is 12.1 Å². The van der Waals surface area contributed by atoms with Gasteiger partial charge in [-0.3, -0.25) is 4.79 Å². The van der Waals surface area contributed by atoms with Gasteiger partial charge in [0.15, 0.2) is 0 Å². The second-order valence-electron chi connectivity index (χ2n) is 5.98. The molecule has 3 rings (SSSR count). The van der Waals surface area contributed by atoms with Gasteiger partial charge in [0.05, 0.1) is 0 Å². The maximum atomic E-state index is 12.4. The molecule has 1 aliphatic heterocycles. The summed E-state index contributed by atoms with van der Waals surface area (Å²) in [7, 11) is 0. The number of nitrogens with zero attached hydrogens (tertiary/aromatic N) is 3. The van der Waals surface area contributed by atoms with Gasteiger partial charge in [0.2, 0.25) is 5.95 Å². The molecular weight excluding hydrogens is 314 g/mol. The number of carbonyl (C=O) groups excluding carboxylic acids is 1. The lowest BCUT2D eigenvalue weighted by atomic mass is 10.1. The van der Waals surface area contributed by atoms with E-state index in [-0.39, 0.29) is 5.91 Å². The molecule has 1 amide bonds. The number of piperidine rings is 1. The Kier molecular flexibility index (Phi) is 5.61. The lowest BCUT2D eigenvalue weighted by molar-refractivity contribution is 0.102. The summed E-state index contributed by atoms with van der Waals surface area (Å²) in [6.07, 6.45) is 7.07. The van der Waals surface area contributed by atoms with E-state index in [4.69, 9.17) is 0 Å². The van der Waals surface area contributed by atoms with Crippen LogP contribution in [0, 0.1) is 0 Å². The summed E-state index contributed by atoms with van der Waals surface area (Å²) in [5.41, 5.74) is 2.28. The number of anilines is 3. The van der Waals surface area contributed by atoms with Gasteiger partial charge in [-0.05, 0) is 49.6 Å². The molecule has 25 heavy (non-hydrogen) atoms. The SMILES string of the molecule is C=CCNc1nccc(C(=O)Nc2ccc(N3CCCCC3)cc2)n1. The summed E-state index contributed by atoms with van der Waals surface area (Å²) < 4.78 is 0. The molecule has 2 N–H and O–H groups in total. The van der Waals surface area contributed by atoms with Crippen LogP contribution in [0.15, 0.2) is 49.2 Å². The lowest BCUT2D eigenvalue weighted by Gasteiger charge is -2.28. The number of amides is 1. The summed E-state index contributed by atoms with van der Waals surface area (Å²) in [5.74, 6) is 0.155. The zero-order valence-corrected chi connectivity index (χ0v) is 14.2. The third-order valence-electron chi connectivity index (χ3n) is 4.14. The second kappa shape index (κ2) is 8.28. The Morgan fingerprint density at radius 3 is 2.64 bits per heavy atom. The first-order chi connectivity index (χ1) is 12.3. The van der Waals surface area contributed by atoms with Crippen LogP contribution in [-0.4, -0.2) is 35.5 Å². The Labute approximate surface area is 148 Å². The molecule has 0 unspecified atom stereocenters. The van der Waals surface area contributed by atoms with E-state index in [1.54, 1.807) is 18.3 Å². The van der Waals surface area contributed by atoms with Crippen molar-refractivity contribution in [2.45, 2.75) is 19.3 Å². The van der Waals surface area contributed by atoms with E-state index in [9.17, 15) is 4.79 Å². The quantitative estimate of drug-likeness (QED) is 0.791. The molecule has 1 fully saturated rings. The van der Waals surface area contributed by atoms with E-state index >= 15 is 0 Å². The molecular formula is C19H23N5O. The van der Waals surface area contributed by atoms with Crippen molar-refractivity contribution >= 4 is 23.2 Å². The van der Waals surface area contributed by atoms with Crippen molar-refractivity contribution in [1.82, 2.24) is 9.97 Å². The molecule has 1 aliphatic rings. The lowest BCUT2D eigenvalue weighted by Crippen LogP contribution is -2.29. The predicted molar refractivity (Wildman–Crippen MR) is 101 cm³/mol. The minimum atomic E-state index is -0.255. The molecule has 1 aromatic heterocycles. The molecule has 6 heteroatoms. The molecule has 2 aromatic rings. The van der Waals surface area contributed by atoms with Crippen LogP contribution in [0.1, 0.15) is 29.8 Å². The monoisotopic (exact) mass is 337 g/mol. The summed E-state index contributed by atoms with van der Waals surface area (Å²) in [6, 6.07) is 9.56. The Morgan fingerprint density at radius 1 is 1.16 bits per heavy atom. The minimum absolute atomic E-state index is 0.255. The fourth-order valence-corrected chi connectivity index (χ4v) is 2.84. The van der Waals surface area contributed by atoms with Crippen molar-refractivity contribution in [3.8, 4) is 0 Å². The topological polar surface area (TPSA) is 70.2 Å². The van der Waals surface area contributed by atoms with Crippen LogP contribution in [0.5, 0.6) is 0 Å². The average molecular weight is 337 g/mol. The molecule has 0 saturated carbocycles. The highest BCUT2D eigenvalue weighted by atomic mass is 16.1. The predicted octanol–water partition coefficient (Wildman–Crippen LogP) is 3.32. The minimum Gasteiger partial charge on any atom is -0.372 e. The molecule has 2 heterocycles. The summed E-state index contributed by atoms with van der Waals surface area (Å²) >= 11 is 0. The first kappa shape index (κ1) is 17.0. The molecule has 1 saturated heterocycles. The van der Waals surface area contributed by atoms with Crippen LogP contribution >= 0.6 is 0 Å². The number of hydrogen-bond acceptors (Lipinski definition) is 5. The normalized spacial score (nSPS) is 14.0. The molecule has 0 atom stereocenters. The van der Waals surface area contributed by atoms with Gasteiger partial charge in [-0.1, -0.05) is 6.08 Å². The van der Waals surface area contributed by atoms with Crippen LogP contribution in [0.2, 0.25) is 0 Å². The number of hydrogen-bond donors (Lipinski definition) is 2. The zero-order valence-electron chi connectivity index (χ0n) is 14.2. The molecule has 1 aromatic carbocycles. The summed E-state index contributed by atoms with van der Waals surface area (Å²) in [4.78, 5) is 23.0. The van der Waals surface area contributed by atoms with Gasteiger partial charge in [-0.2, -0.15) is 0 Å². The van der Waals surface area contributed by atoms with Gasteiger partial charge in [-0.15, -0.1) is 6.58 Å². The van der Waals surface area contributed by atoms with Crippen LogP contribution < -0.4 is 15.5 Å². The fourth-order valence-electron chi connectivity index (χ4n) is 2.84. The third kappa shape index (κ3) is 4.56. The van der Waals surface area contributed by atoms with E-state index in [2.05, 4.69) is 44.2 Å². The van der Waals surface area contributed by atoms with Crippen LogP contribution in [0.3, 0.4) is 0 Å². The van der Waals surface area contributed by atoms with Crippen LogP contribution in [0.4, 0.5) is 17.3 Å². The van der Waals surface area contributed by atoms with Crippen molar-refractivity contribution in [3.05, 3.63) is 54.9 Å². The highest BCUT2D eigenvalue weighted by molar-refractivity contribution is 6.03. The number of rotatable bonds is 6. The van der Waals surface area contributed by atoms with E-state index in [1.165, 1.54) is 24.9 Å². The Balaban J connectivity index is 1.63. The van der Waals surface area contributed by atoms with Gasteiger partial charge in [0.25, 0.3) is 5.91 Å². The average Bonchev–Trinajstić information content (AvgIpc) is 2.68. The van der Waals surface area contributed by atoms with E-state index < -0.39 is 0 Å². The van der Waals surface area contributed by atoms with Gasteiger partial charge >= 0.3 is 0 Å². The zero-order chi connectivity index (χ0) is 17.5. The van der Waals surface area contributed by atoms with Gasteiger partial charge in [0.1, 0.15) is 5.69 Å². The first-order valence-corrected chi connectivity index (χ1v) is 8.60. The summed E-state index contributed by atoms with van der Waals surface area (Å²) in [5, 5.41) is 5.85. The Hall–Kier alpha value is -2.89. The standard InChI is InChI=1S/C19H23N5O/c1-2-11-20-19-21-12-10-17(23-19)18(25)22-15-6-8-16(9-7-15)24-13-4-3-5-14-24/h2,6-10,12H,1,3-5,11,13-14H2,(H,22,25)(H,20,21,23). The van der Waals surface area contributed by atoms with Crippen LogP contribution in [-0.2, 0) is 0 Å². The largest absolute Gasteiger partial charge is 0.372 e. The fraction of sp³-hybridized carbons (Fsp3) is 0.316. The van der Waals surface area contributed by atoms with Gasteiger partial charge < -0.3 is 15.5 Å². The van der Waals surface area contributed by atoms with Crippen molar-refractivity contribution in [1.29, 1.82) is 0 Å². The van der Waals surface area contributed by atoms with E-state index in [0.717, 1.165) is 18.8 Å². The molecule has 0 radical (unpaired) electrons. The third-order valence-corrected chi connectivity index (χ3v) is 4.14. The number of aromatic nitrogens is 2. The number of nitrogens with one attached hydrogen (secondary N) is 2. The molecule has 130 valence electrons. The first-order valence-electron chi connectivity index (χ1n) is 8.60. The van der Waals surface area contributed by atoms with E-state index in [0.29, 0.717) is 18.2 Å². The highest BCUT2D eigenvalue weighted by Gasteiger charge is 2.12. The summed E-state index contributed by atoms with van der Waals surface area (Å²) in [6.45, 7) is 6.38. The molecule has 0 bridgehead atoms. The molecule has 0 spiro atoms.